The lowest BCUT2D eigenvalue weighted by Crippen LogP contribution is -2.01. The van der Waals surface area contributed by atoms with Crippen LogP contribution in [0.3, 0.4) is 0 Å². The molecule has 2 aromatic carbocycles. The Kier molecular flexibility index (Phi) is 5.02. The van der Waals surface area contributed by atoms with E-state index in [0.29, 0.717) is 11.3 Å². The van der Waals surface area contributed by atoms with Crippen LogP contribution in [0.1, 0.15) is 15.9 Å². The van der Waals surface area contributed by atoms with Crippen LogP contribution in [0.2, 0.25) is 0 Å². The third kappa shape index (κ3) is 4.55. The standard InChI is InChI=1S/C15H12F2N2O3/c16-15(17)22-13-6-4-10(5-7-13)9-18-19-12-3-1-2-11(8-12)14(20)21/h1-9,15,19H,(H,20,21)/b18-9-. The van der Waals surface area contributed by atoms with Gasteiger partial charge in [0.2, 0.25) is 0 Å². The second kappa shape index (κ2) is 7.16. The molecule has 0 saturated heterocycles. The number of carboxylic acid groups (broad SMARTS) is 1. The number of ether oxygens (including phenoxy) is 1. The number of benzene rings is 2. The highest BCUT2D eigenvalue weighted by Crippen LogP contribution is 2.14. The normalized spacial score (nSPS) is 10.9. The number of aromatic carboxylic acids is 1. The van der Waals surface area contributed by atoms with Crippen LogP contribution in [0, 0.1) is 0 Å². The molecule has 0 atom stereocenters. The summed E-state index contributed by atoms with van der Waals surface area (Å²) in [5.41, 5.74) is 4.03. The summed E-state index contributed by atoms with van der Waals surface area (Å²) in [6.07, 6.45) is 1.47. The van der Waals surface area contributed by atoms with Gasteiger partial charge in [-0.2, -0.15) is 13.9 Å². The van der Waals surface area contributed by atoms with Gasteiger partial charge in [-0.1, -0.05) is 6.07 Å². The molecule has 114 valence electrons. The molecule has 0 fully saturated rings. The molecule has 0 aliphatic heterocycles. The summed E-state index contributed by atoms with van der Waals surface area (Å²) in [4.78, 5) is 10.8. The zero-order valence-corrected chi connectivity index (χ0v) is 11.2. The number of carboxylic acids is 1. The summed E-state index contributed by atoms with van der Waals surface area (Å²) in [7, 11) is 0. The van der Waals surface area contributed by atoms with Gasteiger partial charge >= 0.3 is 12.6 Å². The molecule has 0 aliphatic rings. The first kappa shape index (κ1) is 15.4. The lowest BCUT2D eigenvalue weighted by molar-refractivity contribution is -0.0498. The molecular weight excluding hydrogens is 294 g/mol. The maximum Gasteiger partial charge on any atom is 0.387 e. The molecule has 22 heavy (non-hydrogen) atoms. The molecule has 0 radical (unpaired) electrons. The van der Waals surface area contributed by atoms with E-state index in [2.05, 4.69) is 15.3 Å². The van der Waals surface area contributed by atoms with Gasteiger partial charge < -0.3 is 9.84 Å². The molecule has 0 heterocycles. The zero-order chi connectivity index (χ0) is 15.9. The highest BCUT2D eigenvalue weighted by molar-refractivity contribution is 5.88. The lowest BCUT2D eigenvalue weighted by atomic mass is 10.2. The van der Waals surface area contributed by atoms with Crippen molar-refractivity contribution in [1.82, 2.24) is 0 Å². The average Bonchev–Trinajstić information content (AvgIpc) is 2.49. The number of nitrogens with zero attached hydrogens (tertiary/aromatic N) is 1. The third-order valence-electron chi connectivity index (χ3n) is 2.62. The minimum Gasteiger partial charge on any atom is -0.478 e. The molecule has 7 heteroatoms. The Morgan fingerprint density at radius 2 is 1.95 bits per heavy atom. The molecule has 2 N–H and O–H groups in total. The van der Waals surface area contributed by atoms with Crippen LogP contribution in [-0.4, -0.2) is 23.9 Å². The number of alkyl halides is 2. The highest BCUT2D eigenvalue weighted by atomic mass is 19.3. The number of hydrogen-bond acceptors (Lipinski definition) is 4. The summed E-state index contributed by atoms with van der Waals surface area (Å²) in [5, 5.41) is 12.8. The maximum absolute atomic E-state index is 12.0. The SMILES string of the molecule is O=C(O)c1cccc(N/N=C\c2ccc(OC(F)F)cc2)c1. The molecule has 0 aliphatic carbocycles. The van der Waals surface area contributed by atoms with E-state index < -0.39 is 12.6 Å². The van der Waals surface area contributed by atoms with Crippen molar-refractivity contribution in [3.63, 3.8) is 0 Å². The van der Waals surface area contributed by atoms with Crippen molar-refractivity contribution in [1.29, 1.82) is 0 Å². The molecule has 0 saturated carbocycles. The molecule has 0 amide bonds. The van der Waals surface area contributed by atoms with Gasteiger partial charge in [-0.3, -0.25) is 5.43 Å². The predicted molar refractivity (Wildman–Crippen MR) is 77.7 cm³/mol. The van der Waals surface area contributed by atoms with Crippen LogP contribution in [0.4, 0.5) is 14.5 Å². The molecule has 2 rings (SSSR count). The van der Waals surface area contributed by atoms with Crippen molar-refractivity contribution in [2.24, 2.45) is 5.10 Å². The van der Waals surface area contributed by atoms with E-state index in [1.165, 1.54) is 30.5 Å². The summed E-state index contributed by atoms with van der Waals surface area (Å²) in [5.74, 6) is -0.962. The Morgan fingerprint density at radius 1 is 1.23 bits per heavy atom. The fourth-order valence-electron chi connectivity index (χ4n) is 1.64. The number of carbonyl (C=O) groups is 1. The second-order valence-electron chi connectivity index (χ2n) is 4.20. The fourth-order valence-corrected chi connectivity index (χ4v) is 1.64. The van der Waals surface area contributed by atoms with Crippen LogP contribution in [0.15, 0.2) is 53.6 Å². The highest BCUT2D eigenvalue weighted by Gasteiger charge is 2.03. The number of hydrogen-bond donors (Lipinski definition) is 2. The van der Waals surface area contributed by atoms with Crippen LogP contribution in [0.25, 0.3) is 0 Å². The minimum absolute atomic E-state index is 0.0641. The van der Waals surface area contributed by atoms with Crippen LogP contribution in [-0.2, 0) is 0 Å². The zero-order valence-electron chi connectivity index (χ0n) is 11.2. The first-order chi connectivity index (χ1) is 10.5. The number of nitrogens with one attached hydrogen (secondary N) is 1. The molecule has 0 bridgehead atoms. The molecule has 0 aromatic heterocycles. The van der Waals surface area contributed by atoms with Crippen molar-refractivity contribution < 1.29 is 23.4 Å². The molecule has 0 spiro atoms. The van der Waals surface area contributed by atoms with E-state index in [4.69, 9.17) is 5.11 Å². The Morgan fingerprint density at radius 3 is 2.59 bits per heavy atom. The van der Waals surface area contributed by atoms with Crippen LogP contribution in [0.5, 0.6) is 5.75 Å². The fraction of sp³-hybridized carbons (Fsp3) is 0.0667. The van der Waals surface area contributed by atoms with Crippen molar-refractivity contribution in [2.45, 2.75) is 6.61 Å². The van der Waals surface area contributed by atoms with Crippen LogP contribution >= 0.6 is 0 Å². The summed E-state index contributed by atoms with van der Waals surface area (Å²) in [6, 6.07) is 12.1. The smallest absolute Gasteiger partial charge is 0.387 e. The van der Waals surface area contributed by atoms with Gasteiger partial charge in [-0.05, 0) is 48.0 Å². The quantitative estimate of drug-likeness (QED) is 0.633. The Bertz CT molecular complexity index is 673. The van der Waals surface area contributed by atoms with E-state index in [9.17, 15) is 13.6 Å². The largest absolute Gasteiger partial charge is 0.478 e. The lowest BCUT2D eigenvalue weighted by Gasteiger charge is -2.04. The van der Waals surface area contributed by atoms with E-state index >= 15 is 0 Å². The number of halogens is 2. The third-order valence-corrected chi connectivity index (χ3v) is 2.62. The maximum atomic E-state index is 12.0. The van der Waals surface area contributed by atoms with E-state index in [-0.39, 0.29) is 11.3 Å². The Balaban J connectivity index is 1.97. The van der Waals surface area contributed by atoms with Gasteiger partial charge in [0.05, 0.1) is 17.5 Å². The molecule has 5 nitrogen and oxygen atoms in total. The van der Waals surface area contributed by atoms with E-state index in [1.807, 2.05) is 0 Å². The molecule has 0 unspecified atom stereocenters. The van der Waals surface area contributed by atoms with Crippen molar-refractivity contribution in [3.8, 4) is 5.75 Å². The first-order valence-electron chi connectivity index (χ1n) is 6.22. The summed E-state index contributed by atoms with van der Waals surface area (Å²) in [6.45, 7) is -2.86. The van der Waals surface area contributed by atoms with Gasteiger partial charge in [0, 0.05) is 0 Å². The number of hydrazone groups is 1. The van der Waals surface area contributed by atoms with Gasteiger partial charge in [-0.25, -0.2) is 4.79 Å². The summed E-state index contributed by atoms with van der Waals surface area (Å²) < 4.78 is 28.2. The summed E-state index contributed by atoms with van der Waals surface area (Å²) >= 11 is 0. The van der Waals surface area contributed by atoms with Crippen molar-refractivity contribution >= 4 is 17.9 Å². The Labute approximate surface area is 124 Å². The van der Waals surface area contributed by atoms with E-state index in [1.54, 1.807) is 24.3 Å². The van der Waals surface area contributed by atoms with Crippen LogP contribution < -0.4 is 10.2 Å². The Hall–Kier alpha value is -2.96. The molecular formula is C15H12F2N2O3. The predicted octanol–water partition coefficient (Wildman–Crippen LogP) is 3.43. The van der Waals surface area contributed by atoms with Gasteiger partial charge in [-0.15, -0.1) is 0 Å². The topological polar surface area (TPSA) is 70.9 Å². The molecule has 2 aromatic rings. The second-order valence-corrected chi connectivity index (χ2v) is 4.20. The van der Waals surface area contributed by atoms with Gasteiger partial charge in [0.25, 0.3) is 0 Å². The van der Waals surface area contributed by atoms with Crippen molar-refractivity contribution in [3.05, 3.63) is 59.7 Å². The van der Waals surface area contributed by atoms with Crippen molar-refractivity contribution in [2.75, 3.05) is 5.43 Å². The number of rotatable bonds is 6. The average molecular weight is 306 g/mol. The van der Waals surface area contributed by atoms with Gasteiger partial charge in [0.1, 0.15) is 5.75 Å². The van der Waals surface area contributed by atoms with Gasteiger partial charge in [0.15, 0.2) is 0 Å². The number of anilines is 1. The monoisotopic (exact) mass is 306 g/mol. The minimum atomic E-state index is -2.86. The first-order valence-corrected chi connectivity index (χ1v) is 6.22. The van der Waals surface area contributed by atoms with E-state index in [0.717, 1.165) is 0 Å².